The molecule has 1 aromatic rings. The highest BCUT2D eigenvalue weighted by molar-refractivity contribution is 6.04. The third-order valence-corrected chi connectivity index (χ3v) is 3.70. The van der Waals surface area contributed by atoms with Crippen molar-refractivity contribution < 1.29 is 9.59 Å². The first-order valence-electron chi connectivity index (χ1n) is 6.92. The predicted molar refractivity (Wildman–Crippen MR) is 74.1 cm³/mol. The second-order valence-corrected chi connectivity index (χ2v) is 5.40. The van der Waals surface area contributed by atoms with E-state index in [1.807, 2.05) is 12.1 Å². The fraction of sp³-hybridized carbons (Fsp3) is 0.500. The van der Waals surface area contributed by atoms with Gasteiger partial charge in [0, 0.05) is 18.8 Å². The maximum Gasteiger partial charge on any atom is 0.249 e. The number of aromatic nitrogens is 1. The van der Waals surface area contributed by atoms with E-state index in [4.69, 9.17) is 0 Å². The van der Waals surface area contributed by atoms with E-state index in [1.165, 1.54) is 12.8 Å². The molecule has 1 aromatic heterocycles. The largest absolute Gasteiger partial charge is 0.336 e. The van der Waals surface area contributed by atoms with E-state index in [-0.39, 0.29) is 24.4 Å². The van der Waals surface area contributed by atoms with Crippen LogP contribution in [-0.2, 0) is 16.1 Å². The first kappa shape index (κ1) is 13.1. The Balaban J connectivity index is 1.69. The number of pyridine rings is 1. The lowest BCUT2D eigenvalue weighted by Crippen LogP contribution is -2.57. The molecule has 0 bridgehead atoms. The van der Waals surface area contributed by atoms with Crippen molar-refractivity contribution in [3.05, 3.63) is 23.9 Å². The van der Waals surface area contributed by atoms with E-state index in [1.54, 1.807) is 18.0 Å². The minimum absolute atomic E-state index is 0.166. The SMILES string of the molecule is CC1C(=O)NC(=O)CN1c1ccc(CNC2CC2)cn1. The summed E-state index contributed by atoms with van der Waals surface area (Å²) in [5.41, 5.74) is 1.11. The number of hydrogen-bond donors (Lipinski definition) is 2. The molecule has 1 aliphatic carbocycles. The summed E-state index contributed by atoms with van der Waals surface area (Å²) in [6.45, 7) is 2.75. The van der Waals surface area contributed by atoms with Gasteiger partial charge in [-0.15, -0.1) is 0 Å². The molecule has 1 atom stereocenters. The molecular weight excluding hydrogens is 256 g/mol. The van der Waals surface area contributed by atoms with Crippen LogP contribution in [0.15, 0.2) is 18.3 Å². The van der Waals surface area contributed by atoms with Gasteiger partial charge in [-0.3, -0.25) is 14.9 Å². The summed E-state index contributed by atoms with van der Waals surface area (Å²) >= 11 is 0. The molecule has 2 N–H and O–H groups in total. The Bertz CT molecular complexity index is 524. The van der Waals surface area contributed by atoms with Gasteiger partial charge in [0.05, 0.1) is 6.54 Å². The summed E-state index contributed by atoms with van der Waals surface area (Å²) in [6, 6.07) is 4.14. The lowest BCUT2D eigenvalue weighted by Gasteiger charge is -2.32. The van der Waals surface area contributed by atoms with Crippen LogP contribution in [0, 0.1) is 0 Å². The summed E-state index contributed by atoms with van der Waals surface area (Å²) in [6.07, 6.45) is 4.32. The molecule has 2 amide bonds. The van der Waals surface area contributed by atoms with E-state index in [0.717, 1.165) is 12.1 Å². The number of piperazine rings is 1. The Morgan fingerprint density at radius 3 is 2.85 bits per heavy atom. The van der Waals surface area contributed by atoms with Crippen molar-refractivity contribution in [1.29, 1.82) is 0 Å². The number of nitrogens with one attached hydrogen (secondary N) is 2. The lowest BCUT2D eigenvalue weighted by atomic mass is 10.2. The summed E-state index contributed by atoms with van der Waals surface area (Å²) in [5.74, 6) is 0.104. The summed E-state index contributed by atoms with van der Waals surface area (Å²) in [5, 5.41) is 5.75. The molecule has 6 nitrogen and oxygen atoms in total. The molecule has 1 aliphatic heterocycles. The molecule has 1 saturated carbocycles. The monoisotopic (exact) mass is 274 g/mol. The van der Waals surface area contributed by atoms with E-state index >= 15 is 0 Å². The van der Waals surface area contributed by atoms with E-state index in [0.29, 0.717) is 11.9 Å². The number of hydrogen-bond acceptors (Lipinski definition) is 5. The molecule has 6 heteroatoms. The number of amides is 2. The zero-order valence-corrected chi connectivity index (χ0v) is 11.4. The van der Waals surface area contributed by atoms with Gasteiger partial charge in [-0.2, -0.15) is 0 Å². The Hall–Kier alpha value is -1.95. The van der Waals surface area contributed by atoms with Crippen molar-refractivity contribution in [2.75, 3.05) is 11.4 Å². The first-order chi connectivity index (χ1) is 9.63. The number of nitrogens with zero attached hydrogens (tertiary/aromatic N) is 2. The quantitative estimate of drug-likeness (QED) is 0.766. The van der Waals surface area contributed by atoms with Gasteiger partial charge in [0.25, 0.3) is 0 Å². The number of carbonyl (C=O) groups excluding carboxylic acids is 2. The average molecular weight is 274 g/mol. The highest BCUT2D eigenvalue weighted by Gasteiger charge is 2.30. The summed E-state index contributed by atoms with van der Waals surface area (Å²) in [4.78, 5) is 29.2. The van der Waals surface area contributed by atoms with Gasteiger partial charge in [-0.1, -0.05) is 6.07 Å². The topological polar surface area (TPSA) is 74.3 Å². The molecule has 0 radical (unpaired) electrons. The third kappa shape index (κ3) is 2.80. The molecule has 1 saturated heterocycles. The highest BCUT2D eigenvalue weighted by atomic mass is 16.2. The molecule has 0 aromatic carbocycles. The van der Waals surface area contributed by atoms with Crippen LogP contribution in [0.25, 0.3) is 0 Å². The van der Waals surface area contributed by atoms with Crippen LogP contribution in [0.1, 0.15) is 25.3 Å². The van der Waals surface area contributed by atoms with Gasteiger partial charge < -0.3 is 10.2 Å². The molecule has 2 fully saturated rings. The second kappa shape index (κ2) is 5.20. The molecule has 20 heavy (non-hydrogen) atoms. The maximum atomic E-state index is 11.6. The van der Waals surface area contributed by atoms with Crippen molar-refractivity contribution >= 4 is 17.6 Å². The number of rotatable bonds is 4. The van der Waals surface area contributed by atoms with Gasteiger partial charge in [-0.05, 0) is 31.4 Å². The minimum Gasteiger partial charge on any atom is -0.336 e. The van der Waals surface area contributed by atoms with Gasteiger partial charge in [-0.25, -0.2) is 4.98 Å². The van der Waals surface area contributed by atoms with Crippen LogP contribution in [0.4, 0.5) is 5.82 Å². The second-order valence-electron chi connectivity index (χ2n) is 5.40. The minimum atomic E-state index is -0.379. The number of anilines is 1. The molecule has 3 rings (SSSR count). The van der Waals surface area contributed by atoms with Gasteiger partial charge >= 0.3 is 0 Å². The van der Waals surface area contributed by atoms with E-state index in [9.17, 15) is 9.59 Å². The van der Waals surface area contributed by atoms with Crippen LogP contribution >= 0.6 is 0 Å². The average Bonchev–Trinajstić information content (AvgIpc) is 3.25. The molecule has 0 spiro atoms. The number of imide groups is 1. The van der Waals surface area contributed by atoms with Crippen molar-refractivity contribution in [2.45, 2.75) is 38.4 Å². The van der Waals surface area contributed by atoms with Crippen LogP contribution in [0.5, 0.6) is 0 Å². The lowest BCUT2D eigenvalue weighted by molar-refractivity contribution is -0.132. The van der Waals surface area contributed by atoms with Crippen LogP contribution in [0.3, 0.4) is 0 Å². The van der Waals surface area contributed by atoms with E-state index < -0.39 is 0 Å². The summed E-state index contributed by atoms with van der Waals surface area (Å²) in [7, 11) is 0. The Kier molecular flexibility index (Phi) is 3.40. The van der Waals surface area contributed by atoms with Gasteiger partial charge in [0.2, 0.25) is 11.8 Å². The molecular formula is C14H18N4O2. The van der Waals surface area contributed by atoms with Crippen LogP contribution < -0.4 is 15.5 Å². The molecule has 2 aliphatic rings. The zero-order valence-electron chi connectivity index (χ0n) is 11.4. The zero-order chi connectivity index (χ0) is 14.1. The third-order valence-electron chi connectivity index (χ3n) is 3.70. The van der Waals surface area contributed by atoms with Crippen LogP contribution in [0.2, 0.25) is 0 Å². The Morgan fingerprint density at radius 1 is 1.40 bits per heavy atom. The Labute approximate surface area is 117 Å². The van der Waals surface area contributed by atoms with Crippen molar-refractivity contribution in [3.63, 3.8) is 0 Å². The van der Waals surface area contributed by atoms with Crippen LogP contribution in [-0.4, -0.2) is 35.4 Å². The first-order valence-corrected chi connectivity index (χ1v) is 6.92. The van der Waals surface area contributed by atoms with Gasteiger partial charge in [0.1, 0.15) is 11.9 Å². The molecule has 1 unspecified atom stereocenters. The van der Waals surface area contributed by atoms with Crippen molar-refractivity contribution in [3.8, 4) is 0 Å². The fourth-order valence-corrected chi connectivity index (χ4v) is 2.23. The molecule has 2 heterocycles. The Morgan fingerprint density at radius 2 is 2.20 bits per heavy atom. The van der Waals surface area contributed by atoms with E-state index in [2.05, 4.69) is 15.6 Å². The predicted octanol–water partition coefficient (Wildman–Crippen LogP) is 0.185. The van der Waals surface area contributed by atoms with Crippen molar-refractivity contribution in [2.24, 2.45) is 0 Å². The standard InChI is InChI=1S/C14H18N4O2/c1-9-14(20)17-13(19)8-18(9)12-5-2-10(7-16-12)6-15-11-3-4-11/h2,5,7,9,11,15H,3-4,6,8H2,1H3,(H,17,19,20). The number of carbonyl (C=O) groups is 2. The van der Waals surface area contributed by atoms with Crippen molar-refractivity contribution in [1.82, 2.24) is 15.6 Å². The van der Waals surface area contributed by atoms with Gasteiger partial charge in [0.15, 0.2) is 0 Å². The highest BCUT2D eigenvalue weighted by Crippen LogP contribution is 2.20. The molecule has 106 valence electrons. The fourth-order valence-electron chi connectivity index (χ4n) is 2.23. The smallest absolute Gasteiger partial charge is 0.249 e. The normalized spacial score (nSPS) is 22.9. The summed E-state index contributed by atoms with van der Waals surface area (Å²) < 4.78 is 0. The maximum absolute atomic E-state index is 11.6.